The van der Waals surface area contributed by atoms with Crippen LogP contribution in [0.3, 0.4) is 0 Å². The maximum absolute atomic E-state index is 12.8. The van der Waals surface area contributed by atoms with Gasteiger partial charge in [0.1, 0.15) is 5.75 Å². The van der Waals surface area contributed by atoms with Crippen molar-refractivity contribution in [3.63, 3.8) is 0 Å². The average Bonchev–Trinajstić information content (AvgIpc) is 2.96. The molecule has 0 spiro atoms. The van der Waals surface area contributed by atoms with Crippen LogP contribution in [0.15, 0.2) is 23.2 Å². The lowest BCUT2D eigenvalue weighted by Gasteiger charge is -2.31. The molecule has 1 aliphatic heterocycles. The van der Waals surface area contributed by atoms with Gasteiger partial charge in [-0.1, -0.05) is 49.5 Å². The van der Waals surface area contributed by atoms with Gasteiger partial charge in [-0.2, -0.15) is 4.99 Å². The van der Waals surface area contributed by atoms with E-state index in [1.165, 1.54) is 25.7 Å². The van der Waals surface area contributed by atoms with Crippen LogP contribution in [0, 0.1) is 0 Å². The van der Waals surface area contributed by atoms with E-state index >= 15 is 0 Å². The first-order valence-corrected chi connectivity index (χ1v) is 10.3. The van der Waals surface area contributed by atoms with Gasteiger partial charge < -0.3 is 9.64 Å². The van der Waals surface area contributed by atoms with Gasteiger partial charge in [-0.3, -0.25) is 4.79 Å². The highest BCUT2D eigenvalue weighted by Gasteiger charge is 2.40. The van der Waals surface area contributed by atoms with Crippen molar-refractivity contribution >= 4 is 34.4 Å². The van der Waals surface area contributed by atoms with E-state index in [9.17, 15) is 4.79 Å². The number of carbonyl (C=O) groups excluding carboxylic acids is 1. The number of unbranched alkanes of at least 4 members (excludes halogenated alkanes) is 1. The number of hydrogen-bond donors (Lipinski definition) is 0. The Morgan fingerprint density at radius 3 is 2.96 bits per heavy atom. The Bertz CT molecular complexity index is 665. The quantitative estimate of drug-likeness (QED) is 0.720. The van der Waals surface area contributed by atoms with Gasteiger partial charge >= 0.3 is 0 Å². The molecule has 1 aromatic carbocycles. The number of fused-ring (bicyclic) bond motifs is 1. The summed E-state index contributed by atoms with van der Waals surface area (Å²) in [4.78, 5) is 19.6. The monoisotopic (exact) mass is 380 g/mol. The Hall–Kier alpha value is -1.20. The van der Waals surface area contributed by atoms with Crippen molar-refractivity contribution in [3.05, 3.63) is 28.8 Å². The van der Waals surface area contributed by atoms with Gasteiger partial charge in [0.15, 0.2) is 5.17 Å². The lowest BCUT2D eigenvalue weighted by Crippen LogP contribution is -2.39. The summed E-state index contributed by atoms with van der Waals surface area (Å²) in [5.41, 5.74) is 0.424. The van der Waals surface area contributed by atoms with Crippen molar-refractivity contribution in [1.29, 1.82) is 0 Å². The number of aliphatic imine (C=N–C) groups is 1. The first-order chi connectivity index (χ1) is 12.1. The molecule has 2 aliphatic rings. The molecule has 1 aliphatic carbocycles. The van der Waals surface area contributed by atoms with Crippen LogP contribution < -0.4 is 4.74 Å². The molecule has 0 N–H and O–H groups in total. The van der Waals surface area contributed by atoms with Crippen LogP contribution in [0.4, 0.5) is 0 Å². The molecule has 25 heavy (non-hydrogen) atoms. The van der Waals surface area contributed by atoms with Crippen LogP contribution in [0.25, 0.3) is 0 Å². The van der Waals surface area contributed by atoms with Crippen molar-refractivity contribution in [2.45, 2.75) is 56.7 Å². The van der Waals surface area contributed by atoms with Gasteiger partial charge in [0, 0.05) is 22.9 Å². The third kappa shape index (κ3) is 4.14. The summed E-state index contributed by atoms with van der Waals surface area (Å²) in [5.74, 6) is 0.237. The Labute approximate surface area is 159 Å². The second-order valence-corrected chi connectivity index (χ2v) is 8.24. The van der Waals surface area contributed by atoms with E-state index in [4.69, 9.17) is 16.3 Å². The van der Waals surface area contributed by atoms with Gasteiger partial charge in [0.05, 0.1) is 12.7 Å². The van der Waals surface area contributed by atoms with Crippen molar-refractivity contribution in [1.82, 2.24) is 4.90 Å². The highest BCUT2D eigenvalue weighted by atomic mass is 35.5. The normalized spacial score (nSPS) is 24.4. The van der Waals surface area contributed by atoms with E-state index in [0.29, 0.717) is 27.6 Å². The third-order valence-corrected chi connectivity index (χ3v) is 6.54. The van der Waals surface area contributed by atoms with Gasteiger partial charge in [-0.05, 0) is 37.5 Å². The zero-order valence-electron chi connectivity index (χ0n) is 14.8. The van der Waals surface area contributed by atoms with E-state index in [1.54, 1.807) is 37.1 Å². The van der Waals surface area contributed by atoms with Gasteiger partial charge in [0.25, 0.3) is 5.91 Å². The molecule has 6 heteroatoms. The minimum atomic E-state index is -0.276. The molecule has 4 nitrogen and oxygen atoms in total. The second kappa shape index (κ2) is 8.45. The molecule has 136 valence electrons. The van der Waals surface area contributed by atoms with Crippen molar-refractivity contribution < 1.29 is 9.53 Å². The van der Waals surface area contributed by atoms with Crippen LogP contribution in [0.1, 0.15) is 55.8 Å². The number of benzene rings is 1. The third-order valence-electron chi connectivity index (χ3n) is 4.91. The molecule has 1 aromatic rings. The second-order valence-electron chi connectivity index (χ2n) is 6.60. The predicted octanol–water partition coefficient (Wildman–Crippen LogP) is 5.00. The fourth-order valence-electron chi connectivity index (χ4n) is 3.59. The lowest BCUT2D eigenvalue weighted by molar-refractivity contribution is 0.0998. The van der Waals surface area contributed by atoms with Crippen molar-refractivity contribution in [2.24, 2.45) is 4.99 Å². The number of halogens is 1. The summed E-state index contributed by atoms with van der Waals surface area (Å²) in [6.45, 7) is 3.17. The summed E-state index contributed by atoms with van der Waals surface area (Å²) in [6, 6.07) is 5.59. The SMILES string of the molecule is CCCCN1/C(=N/C(=O)c2cc(Cl)ccc2OC)S[C@@H]2CCCC[C@H]21. The zero-order valence-corrected chi connectivity index (χ0v) is 16.4. The average molecular weight is 381 g/mol. The van der Waals surface area contributed by atoms with Gasteiger partial charge in [-0.15, -0.1) is 0 Å². The van der Waals surface area contributed by atoms with E-state index in [1.807, 2.05) is 0 Å². The number of rotatable bonds is 5. The lowest BCUT2D eigenvalue weighted by atomic mass is 9.94. The molecule has 1 saturated carbocycles. The predicted molar refractivity (Wildman–Crippen MR) is 105 cm³/mol. The van der Waals surface area contributed by atoms with Gasteiger partial charge in [-0.25, -0.2) is 0 Å². The van der Waals surface area contributed by atoms with Crippen LogP contribution in [0.2, 0.25) is 5.02 Å². The van der Waals surface area contributed by atoms with Gasteiger partial charge in [0.2, 0.25) is 0 Å². The fraction of sp³-hybridized carbons (Fsp3) is 0.579. The number of amidine groups is 1. The van der Waals surface area contributed by atoms with E-state index in [2.05, 4.69) is 16.8 Å². The Morgan fingerprint density at radius 1 is 1.40 bits per heavy atom. The molecule has 3 rings (SSSR count). The molecule has 2 fully saturated rings. The number of carbonyl (C=O) groups is 1. The fourth-order valence-corrected chi connectivity index (χ4v) is 5.26. The Morgan fingerprint density at radius 2 is 2.20 bits per heavy atom. The molecular weight excluding hydrogens is 356 g/mol. The standard InChI is InChI=1S/C19H25ClN2O2S/c1-3-4-11-22-15-7-5-6-8-17(15)25-19(22)21-18(23)14-12-13(20)9-10-16(14)24-2/h9-10,12,15,17H,3-8,11H2,1-2H3/b21-19-/t15-,17-/m1/s1. The first kappa shape index (κ1) is 18.6. The van der Waals surface area contributed by atoms with E-state index in [0.717, 1.165) is 24.6 Å². The highest BCUT2D eigenvalue weighted by molar-refractivity contribution is 8.14. The van der Waals surface area contributed by atoms with E-state index < -0.39 is 0 Å². The molecule has 2 atom stereocenters. The Balaban J connectivity index is 1.87. The summed E-state index contributed by atoms with van der Waals surface area (Å²) < 4.78 is 5.30. The Kier molecular flexibility index (Phi) is 6.29. The zero-order chi connectivity index (χ0) is 17.8. The van der Waals surface area contributed by atoms with E-state index in [-0.39, 0.29) is 5.91 Å². The molecule has 0 bridgehead atoms. The maximum atomic E-state index is 12.8. The van der Waals surface area contributed by atoms with Crippen LogP contribution >= 0.6 is 23.4 Å². The number of amides is 1. The molecule has 1 amide bonds. The number of nitrogens with zero attached hydrogens (tertiary/aromatic N) is 2. The molecule has 0 radical (unpaired) electrons. The molecule has 0 aromatic heterocycles. The minimum Gasteiger partial charge on any atom is -0.496 e. The topological polar surface area (TPSA) is 41.9 Å². The summed E-state index contributed by atoms with van der Waals surface area (Å²) in [7, 11) is 1.56. The molecule has 1 heterocycles. The highest BCUT2D eigenvalue weighted by Crippen LogP contribution is 2.40. The van der Waals surface area contributed by atoms with Crippen molar-refractivity contribution in [2.75, 3.05) is 13.7 Å². The van der Waals surface area contributed by atoms with Crippen molar-refractivity contribution in [3.8, 4) is 5.75 Å². The number of thioether (sulfide) groups is 1. The molecule has 0 unspecified atom stereocenters. The number of methoxy groups -OCH3 is 1. The smallest absolute Gasteiger partial charge is 0.283 e. The number of ether oxygens (including phenoxy) is 1. The summed E-state index contributed by atoms with van der Waals surface area (Å²) >= 11 is 7.83. The minimum absolute atomic E-state index is 0.276. The van der Waals surface area contributed by atoms with Crippen LogP contribution in [-0.2, 0) is 0 Å². The van der Waals surface area contributed by atoms with Crippen LogP contribution in [0.5, 0.6) is 5.75 Å². The summed E-state index contributed by atoms with van der Waals surface area (Å²) in [6.07, 6.45) is 7.23. The molecular formula is C19H25ClN2O2S. The first-order valence-electron chi connectivity index (χ1n) is 9.04. The summed E-state index contributed by atoms with van der Waals surface area (Å²) in [5, 5.41) is 1.95. The largest absolute Gasteiger partial charge is 0.496 e. The number of hydrogen-bond acceptors (Lipinski definition) is 3. The maximum Gasteiger partial charge on any atom is 0.283 e. The van der Waals surface area contributed by atoms with Crippen LogP contribution in [-0.4, -0.2) is 40.9 Å². The molecule has 1 saturated heterocycles.